The Labute approximate surface area is 179 Å². The van der Waals surface area contributed by atoms with E-state index < -0.39 is 22.8 Å². The number of thiazole rings is 1. The molecule has 0 radical (unpaired) electrons. The van der Waals surface area contributed by atoms with Gasteiger partial charge in [0.15, 0.2) is 4.80 Å². The van der Waals surface area contributed by atoms with E-state index in [9.17, 15) is 19.7 Å². The van der Waals surface area contributed by atoms with E-state index >= 15 is 0 Å². The van der Waals surface area contributed by atoms with Crippen molar-refractivity contribution in [3.63, 3.8) is 0 Å². The Hall–Kier alpha value is -3.79. The molecule has 1 unspecified atom stereocenters. The van der Waals surface area contributed by atoms with E-state index in [0.29, 0.717) is 16.1 Å². The molecule has 0 spiro atoms. The summed E-state index contributed by atoms with van der Waals surface area (Å²) in [5.74, 6) is -0.773. The van der Waals surface area contributed by atoms with Crippen LogP contribution in [0.15, 0.2) is 67.9 Å². The second kappa shape index (κ2) is 8.15. The van der Waals surface area contributed by atoms with Crippen molar-refractivity contribution in [3.8, 4) is 0 Å². The van der Waals surface area contributed by atoms with Gasteiger partial charge in [0.1, 0.15) is 10.7 Å². The number of aromatic nitrogens is 1. The number of esters is 1. The number of hydrogen-bond donors (Lipinski definition) is 0. The van der Waals surface area contributed by atoms with Gasteiger partial charge >= 0.3 is 11.9 Å². The summed E-state index contributed by atoms with van der Waals surface area (Å²) < 4.78 is 12.1. The zero-order chi connectivity index (χ0) is 22.1. The Morgan fingerprint density at radius 3 is 2.71 bits per heavy atom. The zero-order valence-electron chi connectivity index (χ0n) is 16.6. The predicted octanol–water partition coefficient (Wildman–Crippen LogP) is 2.30. The van der Waals surface area contributed by atoms with Crippen molar-refractivity contribution in [2.24, 2.45) is 4.99 Å². The summed E-state index contributed by atoms with van der Waals surface area (Å²) in [5.41, 5.74) is 1.11. The van der Waals surface area contributed by atoms with Gasteiger partial charge in [-0.1, -0.05) is 41.7 Å². The molecule has 2 aromatic heterocycles. The maximum atomic E-state index is 13.3. The molecule has 0 amide bonds. The Bertz CT molecular complexity index is 1380. The Morgan fingerprint density at radius 1 is 1.32 bits per heavy atom. The van der Waals surface area contributed by atoms with Crippen LogP contribution in [0.25, 0.3) is 6.08 Å². The summed E-state index contributed by atoms with van der Waals surface area (Å²) in [6.45, 7) is 3.61. The maximum absolute atomic E-state index is 13.3. The van der Waals surface area contributed by atoms with Crippen LogP contribution in [0.4, 0.5) is 5.88 Å². The second-order valence-electron chi connectivity index (χ2n) is 6.65. The quantitative estimate of drug-likeness (QED) is 0.342. The number of nitro groups is 1. The lowest BCUT2D eigenvalue weighted by molar-refractivity contribution is -0.402. The molecule has 0 saturated heterocycles. The van der Waals surface area contributed by atoms with Crippen LogP contribution >= 0.6 is 11.3 Å². The van der Waals surface area contributed by atoms with E-state index in [2.05, 4.69) is 4.99 Å². The molecule has 0 N–H and O–H groups in total. The number of carbonyl (C=O) groups excluding carboxylic acids is 1. The van der Waals surface area contributed by atoms with Crippen molar-refractivity contribution in [1.82, 2.24) is 4.57 Å². The zero-order valence-corrected chi connectivity index (χ0v) is 17.4. The third-order valence-corrected chi connectivity index (χ3v) is 5.68. The molecule has 0 fully saturated rings. The van der Waals surface area contributed by atoms with Crippen LogP contribution < -0.4 is 14.9 Å². The van der Waals surface area contributed by atoms with Crippen molar-refractivity contribution in [2.75, 3.05) is 6.61 Å². The lowest BCUT2D eigenvalue weighted by atomic mass is 9.96. The average Bonchev–Trinajstić information content (AvgIpc) is 3.33. The van der Waals surface area contributed by atoms with Crippen molar-refractivity contribution in [1.29, 1.82) is 0 Å². The molecule has 3 heterocycles. The minimum atomic E-state index is -0.704. The van der Waals surface area contributed by atoms with Gasteiger partial charge < -0.3 is 9.15 Å². The van der Waals surface area contributed by atoms with Gasteiger partial charge in [0.25, 0.3) is 5.56 Å². The van der Waals surface area contributed by atoms with Gasteiger partial charge in [-0.05, 0) is 25.5 Å². The summed E-state index contributed by atoms with van der Waals surface area (Å²) in [6, 6.07) is 11.1. The smallest absolute Gasteiger partial charge is 0.433 e. The fraction of sp³-hybridized carbons (Fsp3) is 0.190. The fourth-order valence-electron chi connectivity index (χ4n) is 3.39. The average molecular weight is 439 g/mol. The normalized spacial score (nSPS) is 16.1. The SMILES string of the molecule is CCOC(=O)C1=C(C)N=c2s/c(=C/c3ccc([N+](=O)[O-])o3)c(=O)n2C1c1ccccc1. The van der Waals surface area contributed by atoms with E-state index in [1.54, 1.807) is 13.8 Å². The lowest BCUT2D eigenvalue weighted by Gasteiger charge is -2.24. The van der Waals surface area contributed by atoms with Gasteiger partial charge in [-0.2, -0.15) is 0 Å². The van der Waals surface area contributed by atoms with E-state index in [0.717, 1.165) is 16.9 Å². The highest BCUT2D eigenvalue weighted by molar-refractivity contribution is 7.07. The lowest BCUT2D eigenvalue weighted by Crippen LogP contribution is -2.39. The summed E-state index contributed by atoms with van der Waals surface area (Å²) in [4.78, 5) is 41.1. The van der Waals surface area contributed by atoms with Gasteiger partial charge in [-0.3, -0.25) is 19.5 Å². The molecule has 10 heteroatoms. The van der Waals surface area contributed by atoms with Crippen LogP contribution in [0.3, 0.4) is 0 Å². The molecule has 1 aliphatic heterocycles. The molecule has 0 bridgehead atoms. The van der Waals surface area contributed by atoms with E-state index in [-0.39, 0.29) is 22.5 Å². The van der Waals surface area contributed by atoms with E-state index in [1.165, 1.54) is 22.8 Å². The van der Waals surface area contributed by atoms with Crippen LogP contribution in [0.5, 0.6) is 0 Å². The Kier molecular flexibility index (Phi) is 5.38. The third kappa shape index (κ3) is 3.73. The molecule has 9 nitrogen and oxygen atoms in total. The van der Waals surface area contributed by atoms with Crippen molar-refractivity contribution in [2.45, 2.75) is 19.9 Å². The topological polar surface area (TPSA) is 117 Å². The minimum absolute atomic E-state index is 0.176. The molecule has 0 aliphatic carbocycles. The van der Waals surface area contributed by atoms with Crippen molar-refractivity contribution in [3.05, 3.63) is 94.9 Å². The molecule has 1 aliphatic rings. The number of allylic oxidation sites excluding steroid dienone is 1. The highest BCUT2D eigenvalue weighted by Gasteiger charge is 2.33. The van der Waals surface area contributed by atoms with Gasteiger partial charge in [-0.15, -0.1) is 0 Å². The first-order chi connectivity index (χ1) is 14.9. The highest BCUT2D eigenvalue weighted by atomic mass is 32.1. The first-order valence-electron chi connectivity index (χ1n) is 9.39. The number of carbonyl (C=O) groups is 1. The number of nitrogens with zero attached hydrogens (tertiary/aromatic N) is 3. The molecular weight excluding hydrogens is 422 g/mol. The largest absolute Gasteiger partial charge is 0.463 e. The molecule has 31 heavy (non-hydrogen) atoms. The number of benzene rings is 1. The van der Waals surface area contributed by atoms with E-state index in [1.807, 2.05) is 30.3 Å². The predicted molar refractivity (Wildman–Crippen MR) is 112 cm³/mol. The van der Waals surface area contributed by atoms with Crippen LogP contribution in [-0.4, -0.2) is 22.1 Å². The van der Waals surface area contributed by atoms with E-state index in [4.69, 9.17) is 9.15 Å². The Balaban J connectivity index is 1.92. The molecule has 1 aromatic carbocycles. The molecule has 4 rings (SSSR count). The van der Waals surface area contributed by atoms with Gasteiger partial charge in [0.05, 0.1) is 34.5 Å². The van der Waals surface area contributed by atoms with Crippen LogP contribution in [-0.2, 0) is 9.53 Å². The second-order valence-corrected chi connectivity index (χ2v) is 7.66. The summed E-state index contributed by atoms with van der Waals surface area (Å²) >= 11 is 1.12. The van der Waals surface area contributed by atoms with Crippen molar-refractivity contribution >= 4 is 29.3 Å². The first kappa shape index (κ1) is 20.5. The minimum Gasteiger partial charge on any atom is -0.463 e. The molecular formula is C21H17N3O6S. The third-order valence-electron chi connectivity index (χ3n) is 4.70. The monoisotopic (exact) mass is 439 g/mol. The van der Waals surface area contributed by atoms with Crippen molar-refractivity contribution < 1.29 is 18.9 Å². The van der Waals surface area contributed by atoms with Crippen LogP contribution in [0, 0.1) is 10.1 Å². The molecule has 1 atom stereocenters. The Morgan fingerprint density at radius 2 is 2.06 bits per heavy atom. The first-order valence-corrected chi connectivity index (χ1v) is 10.2. The maximum Gasteiger partial charge on any atom is 0.433 e. The van der Waals surface area contributed by atoms with Crippen LogP contribution in [0.1, 0.15) is 31.2 Å². The summed E-state index contributed by atoms with van der Waals surface area (Å²) in [5, 5.41) is 10.9. The summed E-state index contributed by atoms with van der Waals surface area (Å²) in [6.07, 6.45) is 1.43. The number of furan rings is 1. The fourth-order valence-corrected chi connectivity index (χ4v) is 4.42. The standard InChI is InChI=1S/C21H17N3O6S/c1-3-29-20(26)17-12(2)22-21-23(18(17)13-7-5-4-6-8-13)19(25)15(31-21)11-14-9-10-16(30-14)24(27)28/h4-11,18H,3H2,1-2H3/b15-11+. The van der Waals surface area contributed by atoms with Crippen LogP contribution in [0.2, 0.25) is 0 Å². The van der Waals surface area contributed by atoms with Gasteiger partial charge in [-0.25, -0.2) is 9.79 Å². The van der Waals surface area contributed by atoms with Gasteiger partial charge in [0.2, 0.25) is 0 Å². The number of fused-ring (bicyclic) bond motifs is 1. The number of ether oxygens (including phenoxy) is 1. The summed E-state index contributed by atoms with van der Waals surface area (Å²) in [7, 11) is 0. The molecule has 0 saturated carbocycles. The number of rotatable bonds is 5. The molecule has 3 aromatic rings. The highest BCUT2D eigenvalue weighted by Crippen LogP contribution is 2.30. The van der Waals surface area contributed by atoms with Gasteiger partial charge in [0, 0.05) is 6.08 Å². The molecule has 158 valence electrons. The number of hydrogen-bond acceptors (Lipinski definition) is 8.